The molecule has 0 radical (unpaired) electrons. The first-order chi connectivity index (χ1) is 22.0. The van der Waals surface area contributed by atoms with E-state index in [0.29, 0.717) is 84.2 Å². The average Bonchev–Trinajstić information content (AvgIpc) is 3.79. The van der Waals surface area contributed by atoms with Crippen molar-refractivity contribution in [1.29, 1.82) is 0 Å². The fourth-order valence-electron chi connectivity index (χ4n) is 5.73. The minimum atomic E-state index is -1.37. The summed E-state index contributed by atoms with van der Waals surface area (Å²) in [6, 6.07) is 5.52. The van der Waals surface area contributed by atoms with Crippen LogP contribution in [-0.2, 0) is 22.8 Å². The lowest BCUT2D eigenvalue weighted by Crippen LogP contribution is -2.46. The van der Waals surface area contributed by atoms with E-state index in [1.807, 2.05) is 4.57 Å². The van der Waals surface area contributed by atoms with Crippen LogP contribution in [0.3, 0.4) is 0 Å². The standard InChI is InChI=1S/C33H45FN4O7Si/c1-42-20-38-26(19-44-14-15-46(3,4)5)29(32(39)36-22-9-12-37(13-10-22)33(40)41)30-31(38)23(8-11-35-30)24-16-25(34)28(43-2)17-27(24)45-18-21-6-7-21/h8,11,16-17,21-22H,6-7,9-10,12-15,18-20H2,1-5H3,(H,36,39)(H,40,41). The number of hydrogen-bond donors (Lipinski definition) is 2. The second-order valence-electron chi connectivity index (χ2n) is 13.3. The number of piperidine rings is 1. The number of fused-ring (bicyclic) bond motifs is 1. The molecule has 3 heterocycles. The van der Waals surface area contributed by atoms with Gasteiger partial charge in [0.1, 0.15) is 18.0 Å². The summed E-state index contributed by atoms with van der Waals surface area (Å²) < 4.78 is 40.5. The molecule has 3 aromatic rings. The monoisotopic (exact) mass is 656 g/mol. The van der Waals surface area contributed by atoms with Crippen molar-refractivity contribution in [2.45, 2.75) is 70.7 Å². The van der Waals surface area contributed by atoms with Crippen LogP contribution >= 0.6 is 0 Å². The maximum atomic E-state index is 15.3. The average molecular weight is 657 g/mol. The molecule has 2 N–H and O–H groups in total. The predicted octanol–water partition coefficient (Wildman–Crippen LogP) is 5.97. The zero-order valence-electron chi connectivity index (χ0n) is 27.4. The van der Waals surface area contributed by atoms with Crippen LogP contribution in [0.4, 0.5) is 9.18 Å². The van der Waals surface area contributed by atoms with Crippen LogP contribution in [0.15, 0.2) is 24.4 Å². The van der Waals surface area contributed by atoms with Crippen molar-refractivity contribution in [3.8, 4) is 22.6 Å². The van der Waals surface area contributed by atoms with Gasteiger partial charge in [0.25, 0.3) is 5.91 Å². The Labute approximate surface area is 270 Å². The lowest BCUT2D eigenvalue weighted by atomic mass is 10.0. The van der Waals surface area contributed by atoms with Gasteiger partial charge in [-0.2, -0.15) is 0 Å². The summed E-state index contributed by atoms with van der Waals surface area (Å²) >= 11 is 0. The van der Waals surface area contributed by atoms with Crippen LogP contribution in [0.1, 0.15) is 41.7 Å². The van der Waals surface area contributed by atoms with Crippen molar-refractivity contribution in [3.05, 3.63) is 41.5 Å². The van der Waals surface area contributed by atoms with Gasteiger partial charge in [-0.25, -0.2) is 9.18 Å². The molecule has 250 valence electrons. The molecule has 5 rings (SSSR count). The van der Waals surface area contributed by atoms with Crippen LogP contribution < -0.4 is 14.8 Å². The van der Waals surface area contributed by atoms with Gasteiger partial charge in [-0.15, -0.1) is 0 Å². The predicted molar refractivity (Wildman–Crippen MR) is 175 cm³/mol. The van der Waals surface area contributed by atoms with E-state index in [9.17, 15) is 14.7 Å². The molecule has 13 heteroatoms. The van der Waals surface area contributed by atoms with Crippen LogP contribution in [0.25, 0.3) is 22.2 Å². The zero-order chi connectivity index (χ0) is 33.0. The molecule has 1 aliphatic heterocycles. The Morgan fingerprint density at radius 1 is 1.09 bits per heavy atom. The molecule has 1 aromatic carbocycles. The van der Waals surface area contributed by atoms with E-state index in [4.69, 9.17) is 18.9 Å². The minimum absolute atomic E-state index is 0.0811. The summed E-state index contributed by atoms with van der Waals surface area (Å²) in [6.45, 7) is 8.82. The van der Waals surface area contributed by atoms with Crippen molar-refractivity contribution in [1.82, 2.24) is 19.8 Å². The molecule has 2 aliphatic rings. The smallest absolute Gasteiger partial charge is 0.407 e. The summed E-state index contributed by atoms with van der Waals surface area (Å²) in [5.41, 5.74) is 3.13. The van der Waals surface area contributed by atoms with E-state index in [0.717, 1.165) is 18.9 Å². The number of carboxylic acid groups (broad SMARTS) is 1. The van der Waals surface area contributed by atoms with Gasteiger partial charge in [0.05, 0.1) is 37.1 Å². The molecule has 1 aliphatic carbocycles. The lowest BCUT2D eigenvalue weighted by molar-refractivity contribution is 0.0884. The van der Waals surface area contributed by atoms with E-state index >= 15 is 4.39 Å². The Morgan fingerprint density at radius 3 is 2.46 bits per heavy atom. The largest absolute Gasteiger partial charge is 0.494 e. The second-order valence-corrected chi connectivity index (χ2v) is 19.0. The van der Waals surface area contributed by atoms with Gasteiger partial charge in [0.2, 0.25) is 0 Å². The number of amides is 2. The third kappa shape index (κ3) is 7.81. The third-order valence-electron chi connectivity index (χ3n) is 8.58. The second kappa shape index (κ2) is 14.4. The number of halogens is 1. The Balaban J connectivity index is 1.60. The van der Waals surface area contributed by atoms with Crippen molar-refractivity contribution in [2.24, 2.45) is 5.92 Å². The minimum Gasteiger partial charge on any atom is -0.494 e. The molecule has 0 spiro atoms. The molecule has 0 atom stereocenters. The quantitative estimate of drug-likeness (QED) is 0.161. The molecule has 2 fully saturated rings. The molecular formula is C33H45FN4O7Si. The highest BCUT2D eigenvalue weighted by molar-refractivity contribution is 6.76. The van der Waals surface area contributed by atoms with Crippen LogP contribution in [0, 0.1) is 11.7 Å². The number of pyridine rings is 1. The zero-order valence-corrected chi connectivity index (χ0v) is 28.4. The third-order valence-corrected chi connectivity index (χ3v) is 10.3. The highest BCUT2D eigenvalue weighted by Gasteiger charge is 2.31. The van der Waals surface area contributed by atoms with Gasteiger partial charge < -0.3 is 38.8 Å². The first kappa shape index (κ1) is 33.7. The first-order valence-electron chi connectivity index (χ1n) is 15.9. The van der Waals surface area contributed by atoms with Crippen molar-refractivity contribution < 1.29 is 38.0 Å². The fraction of sp³-hybridized carbons (Fsp3) is 0.545. The number of ether oxygens (including phenoxy) is 4. The van der Waals surface area contributed by atoms with E-state index in [1.54, 1.807) is 25.4 Å². The summed E-state index contributed by atoms with van der Waals surface area (Å²) in [4.78, 5) is 31.6. The number of aromatic nitrogens is 2. The molecule has 11 nitrogen and oxygen atoms in total. The van der Waals surface area contributed by atoms with Crippen molar-refractivity contribution >= 4 is 31.1 Å². The maximum absolute atomic E-state index is 15.3. The van der Waals surface area contributed by atoms with Crippen LogP contribution in [0.5, 0.6) is 11.5 Å². The first-order valence-corrected chi connectivity index (χ1v) is 19.6. The maximum Gasteiger partial charge on any atom is 0.407 e. The molecule has 0 bridgehead atoms. The Morgan fingerprint density at radius 2 is 1.83 bits per heavy atom. The number of carbonyl (C=O) groups is 2. The number of nitrogens with one attached hydrogen (secondary N) is 1. The number of likely N-dealkylation sites (tertiary alicyclic amines) is 1. The highest BCUT2D eigenvalue weighted by Crippen LogP contribution is 2.41. The van der Waals surface area contributed by atoms with E-state index in [-0.39, 0.29) is 31.0 Å². The van der Waals surface area contributed by atoms with E-state index in [1.165, 1.54) is 18.1 Å². The SMILES string of the molecule is COCn1c(COCC[Si](C)(C)C)c(C(=O)NC2CCN(C(=O)O)CC2)c2nccc(-c3cc(F)c(OC)cc3OCC3CC3)c21. The topological polar surface area (TPSA) is 124 Å². The number of methoxy groups -OCH3 is 2. The Bertz CT molecular complexity index is 1560. The van der Waals surface area contributed by atoms with Gasteiger partial charge in [0.15, 0.2) is 11.6 Å². The summed E-state index contributed by atoms with van der Waals surface area (Å²) in [7, 11) is 1.62. The van der Waals surface area contributed by atoms with Gasteiger partial charge in [0, 0.05) is 64.3 Å². The van der Waals surface area contributed by atoms with Gasteiger partial charge in [-0.1, -0.05) is 19.6 Å². The normalized spacial score (nSPS) is 15.7. The van der Waals surface area contributed by atoms with Crippen LogP contribution in [0.2, 0.25) is 25.7 Å². The highest BCUT2D eigenvalue weighted by atomic mass is 28.3. The lowest BCUT2D eigenvalue weighted by Gasteiger charge is -2.30. The summed E-state index contributed by atoms with van der Waals surface area (Å²) in [5, 5.41) is 12.5. The van der Waals surface area contributed by atoms with E-state index < -0.39 is 20.0 Å². The molecule has 1 saturated heterocycles. The van der Waals surface area contributed by atoms with Gasteiger partial charge >= 0.3 is 6.09 Å². The molecule has 46 heavy (non-hydrogen) atoms. The number of benzene rings is 1. The molecular weight excluding hydrogens is 611 g/mol. The molecule has 1 saturated carbocycles. The fourth-order valence-corrected chi connectivity index (χ4v) is 6.48. The van der Waals surface area contributed by atoms with Gasteiger partial charge in [-0.05, 0) is 49.8 Å². The molecule has 2 aromatic heterocycles. The number of hydrogen-bond acceptors (Lipinski definition) is 7. The van der Waals surface area contributed by atoms with E-state index in [2.05, 4.69) is 29.9 Å². The van der Waals surface area contributed by atoms with Gasteiger partial charge in [-0.3, -0.25) is 9.78 Å². The Hall–Kier alpha value is -3.68. The summed E-state index contributed by atoms with van der Waals surface area (Å²) in [5.74, 6) is 0.167. The molecule has 2 amide bonds. The number of rotatable bonds is 14. The number of nitrogens with zero attached hydrogens (tertiary/aromatic N) is 3. The van der Waals surface area contributed by atoms with Crippen molar-refractivity contribution in [2.75, 3.05) is 40.5 Å². The number of carbonyl (C=O) groups excluding carboxylic acids is 1. The molecule has 0 unspecified atom stereocenters. The Kier molecular flexibility index (Phi) is 10.5. The summed E-state index contributed by atoms with van der Waals surface area (Å²) in [6.07, 6.45) is 3.85. The van der Waals surface area contributed by atoms with Crippen LogP contribution in [-0.4, -0.2) is 86.2 Å². The van der Waals surface area contributed by atoms with Crippen molar-refractivity contribution in [3.63, 3.8) is 0 Å².